The van der Waals surface area contributed by atoms with Gasteiger partial charge < -0.3 is 5.32 Å². The minimum Gasteiger partial charge on any atom is -0.309 e. The molecular weight excluding hydrogens is 198 g/mol. The third-order valence-electron chi connectivity index (χ3n) is 3.30. The Morgan fingerprint density at radius 2 is 2.06 bits per heavy atom. The molecule has 1 aromatic rings. The molecule has 0 aromatic carbocycles. The molecule has 0 spiro atoms. The quantitative estimate of drug-likeness (QED) is 0.822. The van der Waals surface area contributed by atoms with Crippen LogP contribution in [0.4, 0.5) is 0 Å². The summed E-state index contributed by atoms with van der Waals surface area (Å²) in [4.78, 5) is 6.73. The second kappa shape index (κ2) is 4.93. The monoisotopic (exact) mass is 219 g/mol. The van der Waals surface area contributed by atoms with Crippen LogP contribution >= 0.6 is 0 Å². The Morgan fingerprint density at radius 1 is 1.38 bits per heavy atom. The van der Waals surface area contributed by atoms with Crippen molar-refractivity contribution in [1.82, 2.24) is 15.2 Å². The molecule has 1 aliphatic heterocycles. The molecule has 2 heterocycles. The first-order valence-corrected chi connectivity index (χ1v) is 6.07. The van der Waals surface area contributed by atoms with Gasteiger partial charge in [-0.25, -0.2) is 0 Å². The minimum absolute atomic E-state index is 0.459. The summed E-state index contributed by atoms with van der Waals surface area (Å²) in [5, 5.41) is 3.56. The number of nitrogens with zero attached hydrogens (tertiary/aromatic N) is 2. The van der Waals surface area contributed by atoms with E-state index in [1.165, 1.54) is 5.56 Å². The van der Waals surface area contributed by atoms with Gasteiger partial charge in [-0.05, 0) is 32.4 Å². The third-order valence-corrected chi connectivity index (χ3v) is 3.30. The van der Waals surface area contributed by atoms with Gasteiger partial charge in [0.2, 0.25) is 0 Å². The molecule has 88 valence electrons. The van der Waals surface area contributed by atoms with Crippen molar-refractivity contribution in [3.8, 4) is 0 Å². The highest BCUT2D eigenvalue weighted by Crippen LogP contribution is 2.21. The van der Waals surface area contributed by atoms with Crippen LogP contribution in [0.5, 0.6) is 0 Å². The molecule has 0 aliphatic carbocycles. The van der Waals surface area contributed by atoms with Gasteiger partial charge in [0.05, 0.1) is 0 Å². The van der Waals surface area contributed by atoms with Crippen molar-refractivity contribution in [2.24, 2.45) is 0 Å². The van der Waals surface area contributed by atoms with E-state index in [9.17, 15) is 0 Å². The average molecular weight is 219 g/mol. The van der Waals surface area contributed by atoms with Crippen molar-refractivity contribution in [2.45, 2.75) is 38.9 Å². The van der Waals surface area contributed by atoms with E-state index in [4.69, 9.17) is 0 Å². The molecule has 3 nitrogen and oxygen atoms in total. The number of piperazine rings is 1. The maximum atomic E-state index is 4.20. The molecule has 0 saturated carbocycles. The first kappa shape index (κ1) is 11.6. The van der Waals surface area contributed by atoms with Crippen molar-refractivity contribution in [2.75, 3.05) is 13.1 Å². The number of pyridine rings is 1. The SMILES string of the molecule is CC1CN(C(C)c2cccnc2)CC(C)N1. The summed E-state index contributed by atoms with van der Waals surface area (Å²) in [6, 6.07) is 5.78. The molecule has 1 saturated heterocycles. The number of nitrogens with one attached hydrogen (secondary N) is 1. The van der Waals surface area contributed by atoms with E-state index in [2.05, 4.69) is 42.0 Å². The maximum Gasteiger partial charge on any atom is 0.0336 e. The zero-order valence-electron chi connectivity index (χ0n) is 10.4. The van der Waals surface area contributed by atoms with Crippen LogP contribution in [0.2, 0.25) is 0 Å². The lowest BCUT2D eigenvalue weighted by atomic mass is 10.1. The average Bonchev–Trinajstić information content (AvgIpc) is 2.28. The van der Waals surface area contributed by atoms with Crippen molar-refractivity contribution >= 4 is 0 Å². The third kappa shape index (κ3) is 2.60. The van der Waals surface area contributed by atoms with E-state index in [0.717, 1.165) is 13.1 Å². The van der Waals surface area contributed by atoms with E-state index in [-0.39, 0.29) is 0 Å². The number of hydrogen-bond donors (Lipinski definition) is 1. The fourth-order valence-corrected chi connectivity index (χ4v) is 2.52. The van der Waals surface area contributed by atoms with E-state index in [1.54, 1.807) is 0 Å². The second-order valence-electron chi connectivity index (χ2n) is 4.88. The number of hydrogen-bond acceptors (Lipinski definition) is 3. The molecule has 3 heteroatoms. The predicted octanol–water partition coefficient (Wildman–Crippen LogP) is 1.82. The molecule has 0 bridgehead atoms. The van der Waals surface area contributed by atoms with Crippen LogP contribution < -0.4 is 5.32 Å². The Morgan fingerprint density at radius 3 is 2.62 bits per heavy atom. The summed E-state index contributed by atoms with van der Waals surface area (Å²) >= 11 is 0. The minimum atomic E-state index is 0.459. The number of rotatable bonds is 2. The van der Waals surface area contributed by atoms with Crippen LogP contribution in [0, 0.1) is 0 Å². The molecule has 2 rings (SSSR count). The number of aromatic nitrogens is 1. The second-order valence-corrected chi connectivity index (χ2v) is 4.88. The van der Waals surface area contributed by atoms with E-state index in [0.29, 0.717) is 18.1 Å². The van der Waals surface area contributed by atoms with E-state index < -0.39 is 0 Å². The lowest BCUT2D eigenvalue weighted by Gasteiger charge is -2.39. The fraction of sp³-hybridized carbons (Fsp3) is 0.615. The maximum absolute atomic E-state index is 4.20. The largest absolute Gasteiger partial charge is 0.309 e. The molecule has 16 heavy (non-hydrogen) atoms. The molecule has 3 unspecified atom stereocenters. The van der Waals surface area contributed by atoms with Crippen molar-refractivity contribution in [1.29, 1.82) is 0 Å². The standard InChI is InChI=1S/C13H21N3/c1-10-8-16(9-11(2)15-10)12(3)13-5-4-6-14-7-13/h4-7,10-12,15H,8-9H2,1-3H3. The van der Waals surface area contributed by atoms with Gasteiger partial charge in [-0.3, -0.25) is 9.88 Å². The highest BCUT2D eigenvalue weighted by atomic mass is 15.2. The smallest absolute Gasteiger partial charge is 0.0336 e. The highest BCUT2D eigenvalue weighted by molar-refractivity contribution is 5.13. The van der Waals surface area contributed by atoms with Gasteiger partial charge in [0.25, 0.3) is 0 Å². The van der Waals surface area contributed by atoms with Gasteiger partial charge in [-0.15, -0.1) is 0 Å². The van der Waals surface area contributed by atoms with Gasteiger partial charge in [-0.1, -0.05) is 6.07 Å². The highest BCUT2D eigenvalue weighted by Gasteiger charge is 2.25. The lowest BCUT2D eigenvalue weighted by molar-refractivity contribution is 0.131. The molecule has 3 atom stereocenters. The zero-order chi connectivity index (χ0) is 11.5. The fourth-order valence-electron chi connectivity index (χ4n) is 2.52. The van der Waals surface area contributed by atoms with Crippen LogP contribution in [-0.2, 0) is 0 Å². The summed E-state index contributed by atoms with van der Waals surface area (Å²) in [6.07, 6.45) is 3.81. The first-order chi connectivity index (χ1) is 7.66. The van der Waals surface area contributed by atoms with Gasteiger partial charge in [0.15, 0.2) is 0 Å². The Hall–Kier alpha value is -0.930. The lowest BCUT2D eigenvalue weighted by Crippen LogP contribution is -2.54. The van der Waals surface area contributed by atoms with Crippen LogP contribution in [0.25, 0.3) is 0 Å². The van der Waals surface area contributed by atoms with Crippen molar-refractivity contribution in [3.63, 3.8) is 0 Å². The normalized spacial score (nSPS) is 28.9. The van der Waals surface area contributed by atoms with Crippen LogP contribution in [-0.4, -0.2) is 35.1 Å². The van der Waals surface area contributed by atoms with Crippen molar-refractivity contribution < 1.29 is 0 Å². The van der Waals surface area contributed by atoms with E-state index in [1.807, 2.05) is 18.5 Å². The van der Waals surface area contributed by atoms with Gasteiger partial charge in [0.1, 0.15) is 0 Å². The Balaban J connectivity index is 2.07. The van der Waals surface area contributed by atoms with Crippen LogP contribution in [0.15, 0.2) is 24.5 Å². The topological polar surface area (TPSA) is 28.2 Å². The van der Waals surface area contributed by atoms with Gasteiger partial charge in [0, 0.05) is 43.6 Å². The summed E-state index contributed by atoms with van der Waals surface area (Å²) in [5.74, 6) is 0. The molecule has 0 amide bonds. The van der Waals surface area contributed by atoms with Gasteiger partial charge >= 0.3 is 0 Å². The van der Waals surface area contributed by atoms with Crippen molar-refractivity contribution in [3.05, 3.63) is 30.1 Å². The summed E-state index contributed by atoms with van der Waals surface area (Å²) < 4.78 is 0. The zero-order valence-corrected chi connectivity index (χ0v) is 10.4. The van der Waals surface area contributed by atoms with E-state index >= 15 is 0 Å². The van der Waals surface area contributed by atoms with Crippen LogP contribution in [0.3, 0.4) is 0 Å². The molecule has 1 aliphatic rings. The van der Waals surface area contributed by atoms with Gasteiger partial charge in [-0.2, -0.15) is 0 Å². The Kier molecular flexibility index (Phi) is 3.56. The first-order valence-electron chi connectivity index (χ1n) is 6.07. The molecular formula is C13H21N3. The predicted molar refractivity (Wildman–Crippen MR) is 66.3 cm³/mol. The molecule has 1 N–H and O–H groups in total. The summed E-state index contributed by atoms with van der Waals surface area (Å²) in [6.45, 7) is 8.99. The molecule has 1 fully saturated rings. The Labute approximate surface area is 97.9 Å². The molecule has 0 radical (unpaired) electrons. The Bertz CT molecular complexity index is 315. The van der Waals surface area contributed by atoms with Crippen LogP contribution in [0.1, 0.15) is 32.4 Å². The summed E-state index contributed by atoms with van der Waals surface area (Å²) in [5.41, 5.74) is 1.31. The summed E-state index contributed by atoms with van der Waals surface area (Å²) in [7, 11) is 0. The molecule has 1 aromatic heterocycles.